The van der Waals surface area contributed by atoms with E-state index in [-0.39, 0.29) is 17.1 Å². The standard InChI is InChI=1S/C21H20N2O5S/c1-16-4-3-5-17(14-16)15-22(18-6-10-20(28-2)11-7-18)29(26,27)21-12-8-19(9-13-21)23(24)25/h3-14H,15H2,1-2H3. The zero-order chi connectivity index (χ0) is 21.0. The average Bonchev–Trinajstić information content (AvgIpc) is 2.72. The Morgan fingerprint density at radius 1 is 1.00 bits per heavy atom. The Hall–Kier alpha value is -3.39. The van der Waals surface area contributed by atoms with Crippen molar-refractivity contribution in [2.75, 3.05) is 11.4 Å². The summed E-state index contributed by atoms with van der Waals surface area (Å²) in [6.45, 7) is 2.05. The number of hydrogen-bond acceptors (Lipinski definition) is 5. The second-order valence-electron chi connectivity index (χ2n) is 6.45. The summed E-state index contributed by atoms with van der Waals surface area (Å²) in [6, 6.07) is 19.2. The van der Waals surface area contributed by atoms with E-state index in [1.54, 1.807) is 24.3 Å². The molecule has 0 aliphatic carbocycles. The first-order valence-corrected chi connectivity index (χ1v) is 10.2. The van der Waals surface area contributed by atoms with Crippen LogP contribution in [-0.2, 0) is 16.6 Å². The Morgan fingerprint density at radius 2 is 1.66 bits per heavy atom. The Bertz CT molecular complexity index is 1110. The van der Waals surface area contributed by atoms with Crippen molar-refractivity contribution in [3.63, 3.8) is 0 Å². The van der Waals surface area contributed by atoms with E-state index in [0.29, 0.717) is 11.4 Å². The van der Waals surface area contributed by atoms with E-state index in [1.807, 2.05) is 31.2 Å². The Morgan fingerprint density at radius 3 is 2.21 bits per heavy atom. The molecule has 3 aromatic rings. The molecule has 0 aliphatic rings. The highest BCUT2D eigenvalue weighted by Gasteiger charge is 2.26. The molecule has 0 saturated carbocycles. The fraction of sp³-hybridized carbons (Fsp3) is 0.143. The SMILES string of the molecule is COc1ccc(N(Cc2cccc(C)c2)S(=O)(=O)c2ccc([N+](=O)[O-])cc2)cc1. The van der Waals surface area contributed by atoms with Gasteiger partial charge in [0, 0.05) is 12.1 Å². The smallest absolute Gasteiger partial charge is 0.269 e. The van der Waals surface area contributed by atoms with Crippen molar-refractivity contribution in [3.8, 4) is 5.75 Å². The van der Waals surface area contributed by atoms with E-state index in [9.17, 15) is 18.5 Å². The van der Waals surface area contributed by atoms with Gasteiger partial charge in [-0.1, -0.05) is 29.8 Å². The molecule has 0 fully saturated rings. The summed E-state index contributed by atoms with van der Waals surface area (Å²) < 4.78 is 33.2. The van der Waals surface area contributed by atoms with Gasteiger partial charge in [-0.3, -0.25) is 14.4 Å². The van der Waals surface area contributed by atoms with Gasteiger partial charge >= 0.3 is 0 Å². The van der Waals surface area contributed by atoms with Gasteiger partial charge in [0.15, 0.2) is 0 Å². The third kappa shape index (κ3) is 4.55. The van der Waals surface area contributed by atoms with Crippen LogP contribution in [0, 0.1) is 17.0 Å². The summed E-state index contributed by atoms with van der Waals surface area (Å²) in [4.78, 5) is 10.3. The van der Waals surface area contributed by atoms with Gasteiger partial charge in [0.25, 0.3) is 15.7 Å². The zero-order valence-corrected chi connectivity index (χ0v) is 16.8. The third-order valence-corrected chi connectivity index (χ3v) is 6.19. The zero-order valence-electron chi connectivity index (χ0n) is 16.0. The van der Waals surface area contributed by atoms with Crippen LogP contribution in [0.2, 0.25) is 0 Å². The van der Waals surface area contributed by atoms with Crippen LogP contribution in [0.25, 0.3) is 0 Å². The number of nitrogens with zero attached hydrogens (tertiary/aromatic N) is 2. The predicted molar refractivity (Wildman–Crippen MR) is 111 cm³/mol. The van der Waals surface area contributed by atoms with Crippen LogP contribution in [0.3, 0.4) is 0 Å². The van der Waals surface area contributed by atoms with Crippen molar-refractivity contribution in [2.24, 2.45) is 0 Å². The van der Waals surface area contributed by atoms with Crippen LogP contribution in [0.5, 0.6) is 5.75 Å². The number of non-ortho nitro benzene ring substituents is 1. The van der Waals surface area contributed by atoms with E-state index in [0.717, 1.165) is 11.1 Å². The Labute approximate surface area is 169 Å². The lowest BCUT2D eigenvalue weighted by Crippen LogP contribution is -2.30. The van der Waals surface area contributed by atoms with E-state index in [2.05, 4.69) is 0 Å². The van der Waals surface area contributed by atoms with Crippen molar-refractivity contribution >= 4 is 21.4 Å². The summed E-state index contributed by atoms with van der Waals surface area (Å²) in [7, 11) is -2.42. The molecule has 0 radical (unpaired) electrons. The first-order chi connectivity index (χ1) is 13.8. The van der Waals surface area contributed by atoms with Gasteiger partial charge in [-0.05, 0) is 48.9 Å². The molecular weight excluding hydrogens is 392 g/mol. The van der Waals surface area contributed by atoms with Gasteiger partial charge in [-0.25, -0.2) is 8.42 Å². The van der Waals surface area contributed by atoms with E-state index >= 15 is 0 Å². The minimum absolute atomic E-state index is 0.0217. The highest BCUT2D eigenvalue weighted by atomic mass is 32.2. The number of benzene rings is 3. The van der Waals surface area contributed by atoms with Crippen LogP contribution in [0.15, 0.2) is 77.7 Å². The molecular formula is C21H20N2O5S. The normalized spacial score (nSPS) is 11.1. The number of nitro groups is 1. The Kier molecular flexibility index (Phi) is 5.84. The number of aryl methyl sites for hydroxylation is 1. The molecule has 3 aromatic carbocycles. The fourth-order valence-corrected chi connectivity index (χ4v) is 4.36. The molecule has 0 heterocycles. The first kappa shape index (κ1) is 20.3. The van der Waals surface area contributed by atoms with E-state index < -0.39 is 14.9 Å². The number of anilines is 1. The molecule has 0 spiro atoms. The summed E-state index contributed by atoms with van der Waals surface area (Å²) >= 11 is 0. The maximum atomic E-state index is 13.4. The largest absolute Gasteiger partial charge is 0.497 e. The fourth-order valence-electron chi connectivity index (χ4n) is 2.91. The quantitative estimate of drug-likeness (QED) is 0.426. The highest BCUT2D eigenvalue weighted by molar-refractivity contribution is 7.92. The van der Waals surface area contributed by atoms with E-state index in [1.165, 1.54) is 35.7 Å². The molecule has 150 valence electrons. The van der Waals surface area contributed by atoms with Crippen LogP contribution >= 0.6 is 0 Å². The molecule has 0 N–H and O–H groups in total. The summed E-state index contributed by atoms with van der Waals surface area (Å²) in [5.41, 5.74) is 2.14. The van der Waals surface area contributed by atoms with E-state index in [4.69, 9.17) is 4.74 Å². The van der Waals surface area contributed by atoms with Gasteiger partial charge in [-0.15, -0.1) is 0 Å². The van der Waals surface area contributed by atoms with Gasteiger partial charge in [0.1, 0.15) is 5.75 Å². The third-order valence-electron chi connectivity index (χ3n) is 4.40. The molecule has 0 bridgehead atoms. The monoisotopic (exact) mass is 412 g/mol. The molecule has 3 rings (SSSR count). The number of rotatable bonds is 7. The van der Waals surface area contributed by atoms with Crippen LogP contribution in [0.1, 0.15) is 11.1 Å². The number of hydrogen-bond donors (Lipinski definition) is 0. The summed E-state index contributed by atoms with van der Waals surface area (Å²) in [5, 5.41) is 10.9. The Balaban J connectivity index is 2.05. The molecule has 0 unspecified atom stereocenters. The predicted octanol–water partition coefficient (Wildman–Crippen LogP) is 4.31. The molecule has 0 amide bonds. The maximum Gasteiger partial charge on any atom is 0.269 e. The molecule has 0 aromatic heterocycles. The van der Waals surface area contributed by atoms with Crippen molar-refractivity contribution in [1.29, 1.82) is 0 Å². The van der Waals surface area contributed by atoms with Crippen molar-refractivity contribution in [2.45, 2.75) is 18.4 Å². The lowest BCUT2D eigenvalue weighted by atomic mass is 10.1. The molecule has 29 heavy (non-hydrogen) atoms. The van der Waals surface area contributed by atoms with Crippen molar-refractivity contribution in [1.82, 2.24) is 0 Å². The van der Waals surface area contributed by atoms with Crippen LogP contribution in [-0.4, -0.2) is 20.5 Å². The number of sulfonamides is 1. The first-order valence-electron chi connectivity index (χ1n) is 8.78. The van der Waals surface area contributed by atoms with Gasteiger partial charge in [-0.2, -0.15) is 0 Å². The number of ether oxygens (including phenoxy) is 1. The lowest BCUT2D eigenvalue weighted by Gasteiger charge is -2.25. The number of nitro benzene ring substituents is 1. The minimum atomic E-state index is -3.96. The van der Waals surface area contributed by atoms with Crippen LogP contribution in [0.4, 0.5) is 11.4 Å². The molecule has 0 aliphatic heterocycles. The molecule has 7 nitrogen and oxygen atoms in total. The lowest BCUT2D eigenvalue weighted by molar-refractivity contribution is -0.384. The van der Waals surface area contributed by atoms with Crippen molar-refractivity contribution in [3.05, 3.63) is 94.0 Å². The summed E-state index contributed by atoms with van der Waals surface area (Å²) in [5.74, 6) is 0.608. The molecule has 8 heteroatoms. The maximum absolute atomic E-state index is 13.4. The van der Waals surface area contributed by atoms with Gasteiger partial charge in [0.05, 0.1) is 29.2 Å². The molecule has 0 saturated heterocycles. The number of methoxy groups -OCH3 is 1. The summed E-state index contributed by atoms with van der Waals surface area (Å²) in [6.07, 6.45) is 0. The second-order valence-corrected chi connectivity index (χ2v) is 8.31. The van der Waals surface area contributed by atoms with Gasteiger partial charge in [0.2, 0.25) is 0 Å². The minimum Gasteiger partial charge on any atom is -0.497 e. The average molecular weight is 412 g/mol. The topological polar surface area (TPSA) is 89.8 Å². The van der Waals surface area contributed by atoms with Crippen molar-refractivity contribution < 1.29 is 18.1 Å². The molecule has 0 atom stereocenters. The van der Waals surface area contributed by atoms with Gasteiger partial charge < -0.3 is 4.74 Å². The second kappa shape index (κ2) is 8.32. The van der Waals surface area contributed by atoms with Crippen LogP contribution < -0.4 is 9.04 Å². The highest BCUT2D eigenvalue weighted by Crippen LogP contribution is 2.28.